The van der Waals surface area contributed by atoms with E-state index >= 15 is 0 Å². The van der Waals surface area contributed by atoms with Crippen LogP contribution in [0, 0.1) is 0 Å². The third-order valence-corrected chi connectivity index (χ3v) is 2.20. The molecule has 91 valence electrons. The first-order valence-corrected chi connectivity index (χ1v) is 5.48. The minimum atomic E-state index is -0.864. The van der Waals surface area contributed by atoms with Gasteiger partial charge in [0.2, 0.25) is 6.29 Å². The molecule has 1 radical (unpaired) electrons. The lowest BCUT2D eigenvalue weighted by Gasteiger charge is -2.09. The smallest absolute Gasteiger partial charge is 0.420 e. The molecule has 0 aliphatic carbocycles. The molecule has 1 aromatic rings. The van der Waals surface area contributed by atoms with Gasteiger partial charge in [0.1, 0.15) is 0 Å². The molecule has 0 aromatic heterocycles. The molecule has 0 aliphatic rings. The van der Waals surface area contributed by atoms with Crippen LogP contribution in [0.5, 0.6) is 0 Å². The summed E-state index contributed by atoms with van der Waals surface area (Å²) in [5.41, 5.74) is 1.19. The molecule has 0 fully saturated rings. The van der Waals surface area contributed by atoms with Crippen molar-refractivity contribution in [3.05, 3.63) is 35.9 Å². The molecule has 0 aliphatic heterocycles. The fourth-order valence-corrected chi connectivity index (χ4v) is 1.42. The van der Waals surface area contributed by atoms with Crippen LogP contribution < -0.4 is 0 Å². The van der Waals surface area contributed by atoms with Crippen molar-refractivity contribution in [1.29, 1.82) is 0 Å². The predicted molar refractivity (Wildman–Crippen MR) is 61.7 cm³/mol. The van der Waals surface area contributed by atoms with Crippen LogP contribution in [0.2, 0.25) is 0 Å². The maximum atomic E-state index is 11.3. The Morgan fingerprint density at radius 3 is 2.71 bits per heavy atom. The first-order valence-electron chi connectivity index (χ1n) is 5.48. The van der Waals surface area contributed by atoms with E-state index in [9.17, 15) is 9.59 Å². The molecule has 0 bridgehead atoms. The number of hydrogen-bond acceptors (Lipinski definition) is 4. The first kappa shape index (κ1) is 13.2. The molecule has 0 amide bonds. The summed E-state index contributed by atoms with van der Waals surface area (Å²) in [7, 11) is 0. The van der Waals surface area contributed by atoms with Gasteiger partial charge in [-0.15, -0.1) is 0 Å². The number of ether oxygens (including phenoxy) is 2. The quantitative estimate of drug-likeness (QED) is 0.535. The Morgan fingerprint density at radius 2 is 2.06 bits per heavy atom. The minimum Gasteiger partial charge on any atom is -0.425 e. The van der Waals surface area contributed by atoms with Gasteiger partial charge in [0.25, 0.3) is 0 Å². The summed E-state index contributed by atoms with van der Waals surface area (Å²) < 4.78 is 9.13. The van der Waals surface area contributed by atoms with Crippen molar-refractivity contribution in [2.75, 3.05) is 0 Å². The number of carbonyl (C=O) groups excluding carboxylic acids is 2. The van der Waals surface area contributed by atoms with Crippen LogP contribution in [0.1, 0.15) is 25.3 Å². The number of esters is 1. The Balaban J connectivity index is 2.18. The van der Waals surface area contributed by atoms with E-state index in [2.05, 4.69) is 4.74 Å². The second kappa shape index (κ2) is 7.44. The molecule has 0 spiro atoms. The number of carbonyl (C=O) groups is 1. The molecular formula is C13H15O4. The summed E-state index contributed by atoms with van der Waals surface area (Å²) in [5.74, 6) is -0.372. The maximum absolute atomic E-state index is 11.3. The minimum absolute atomic E-state index is 0.307. The summed E-state index contributed by atoms with van der Waals surface area (Å²) in [6.07, 6.45) is 0.976. The number of hydrogen-bond donors (Lipinski definition) is 0. The number of benzene rings is 1. The van der Waals surface area contributed by atoms with E-state index in [1.807, 2.05) is 30.3 Å². The summed E-state index contributed by atoms with van der Waals surface area (Å²) in [4.78, 5) is 21.1. The number of aryl methyl sites for hydroxylation is 1. The SMILES string of the molecule is CC(O[C]=O)OC(=O)CCCc1ccccc1. The van der Waals surface area contributed by atoms with Crippen LogP contribution in [-0.2, 0) is 25.5 Å². The molecule has 1 unspecified atom stereocenters. The summed E-state index contributed by atoms with van der Waals surface area (Å²) in [6, 6.07) is 9.90. The second-order valence-corrected chi connectivity index (χ2v) is 3.60. The third kappa shape index (κ3) is 5.70. The molecule has 4 heteroatoms. The highest BCUT2D eigenvalue weighted by Gasteiger charge is 2.09. The Bertz CT molecular complexity index is 348. The zero-order chi connectivity index (χ0) is 12.5. The van der Waals surface area contributed by atoms with Gasteiger partial charge in [-0.05, 0) is 18.4 Å². The lowest BCUT2D eigenvalue weighted by Crippen LogP contribution is -2.17. The molecule has 1 rings (SSSR count). The zero-order valence-corrected chi connectivity index (χ0v) is 9.72. The third-order valence-electron chi connectivity index (χ3n) is 2.20. The van der Waals surface area contributed by atoms with Crippen molar-refractivity contribution in [1.82, 2.24) is 0 Å². The second-order valence-electron chi connectivity index (χ2n) is 3.60. The van der Waals surface area contributed by atoms with Crippen LogP contribution in [0.25, 0.3) is 0 Å². The van der Waals surface area contributed by atoms with Crippen molar-refractivity contribution in [3.8, 4) is 0 Å². The molecular weight excluding hydrogens is 220 g/mol. The van der Waals surface area contributed by atoms with Crippen LogP contribution in [0.15, 0.2) is 30.3 Å². The molecule has 0 saturated heterocycles. The fourth-order valence-electron chi connectivity index (χ4n) is 1.42. The average molecular weight is 235 g/mol. The van der Waals surface area contributed by atoms with Gasteiger partial charge in [0.15, 0.2) is 0 Å². The molecule has 0 heterocycles. The number of rotatable bonds is 7. The van der Waals surface area contributed by atoms with Gasteiger partial charge in [-0.1, -0.05) is 30.3 Å². The lowest BCUT2D eigenvalue weighted by atomic mass is 10.1. The van der Waals surface area contributed by atoms with E-state index in [1.54, 1.807) is 0 Å². The van der Waals surface area contributed by atoms with E-state index in [0.29, 0.717) is 12.8 Å². The van der Waals surface area contributed by atoms with Crippen molar-refractivity contribution in [2.45, 2.75) is 32.5 Å². The zero-order valence-electron chi connectivity index (χ0n) is 9.72. The largest absolute Gasteiger partial charge is 0.425 e. The van der Waals surface area contributed by atoms with E-state index in [-0.39, 0.29) is 5.97 Å². The lowest BCUT2D eigenvalue weighted by molar-refractivity contribution is -0.162. The highest BCUT2D eigenvalue weighted by atomic mass is 16.7. The molecule has 1 aromatic carbocycles. The van der Waals surface area contributed by atoms with Gasteiger partial charge in [0, 0.05) is 13.3 Å². The highest BCUT2D eigenvalue weighted by Crippen LogP contribution is 2.06. The Hall–Kier alpha value is -1.84. The first-order chi connectivity index (χ1) is 8.22. The molecule has 0 N–H and O–H groups in total. The van der Waals surface area contributed by atoms with Gasteiger partial charge in [-0.2, -0.15) is 0 Å². The highest BCUT2D eigenvalue weighted by molar-refractivity contribution is 5.69. The van der Waals surface area contributed by atoms with Gasteiger partial charge in [0.05, 0.1) is 0 Å². The van der Waals surface area contributed by atoms with Crippen LogP contribution >= 0.6 is 0 Å². The van der Waals surface area contributed by atoms with E-state index < -0.39 is 6.29 Å². The predicted octanol–water partition coefficient (Wildman–Crippen LogP) is 1.98. The Labute approximate surface area is 101 Å². The molecule has 4 nitrogen and oxygen atoms in total. The van der Waals surface area contributed by atoms with Gasteiger partial charge in [-0.3, -0.25) is 4.79 Å². The standard InChI is InChI=1S/C13H15O4/c1-11(16-10-14)17-13(15)9-5-8-12-6-3-2-4-7-12/h2-4,6-7,11H,5,8-9H2,1H3. The Kier molecular flexibility index (Phi) is 5.79. The monoisotopic (exact) mass is 235 g/mol. The van der Waals surface area contributed by atoms with Gasteiger partial charge >= 0.3 is 12.4 Å². The van der Waals surface area contributed by atoms with Gasteiger partial charge < -0.3 is 9.47 Å². The van der Waals surface area contributed by atoms with Crippen molar-refractivity contribution in [2.24, 2.45) is 0 Å². The van der Waals surface area contributed by atoms with Crippen LogP contribution in [0.3, 0.4) is 0 Å². The Morgan fingerprint density at radius 1 is 1.35 bits per heavy atom. The van der Waals surface area contributed by atoms with E-state index in [1.165, 1.54) is 19.0 Å². The van der Waals surface area contributed by atoms with Crippen molar-refractivity contribution >= 4 is 12.4 Å². The van der Waals surface area contributed by atoms with Crippen molar-refractivity contribution < 1.29 is 19.1 Å². The topological polar surface area (TPSA) is 52.6 Å². The van der Waals surface area contributed by atoms with Crippen molar-refractivity contribution in [3.63, 3.8) is 0 Å². The van der Waals surface area contributed by atoms with E-state index in [0.717, 1.165) is 6.42 Å². The summed E-state index contributed by atoms with van der Waals surface area (Å²) in [5, 5.41) is 0. The molecule has 0 saturated carbocycles. The summed E-state index contributed by atoms with van der Waals surface area (Å²) in [6.45, 7) is 2.70. The molecule has 17 heavy (non-hydrogen) atoms. The van der Waals surface area contributed by atoms with Crippen LogP contribution in [0.4, 0.5) is 0 Å². The van der Waals surface area contributed by atoms with E-state index in [4.69, 9.17) is 4.74 Å². The van der Waals surface area contributed by atoms with Crippen LogP contribution in [-0.4, -0.2) is 18.7 Å². The fraction of sp³-hybridized carbons (Fsp3) is 0.385. The molecule has 1 atom stereocenters. The maximum Gasteiger partial charge on any atom is 0.420 e. The summed E-state index contributed by atoms with van der Waals surface area (Å²) >= 11 is 0. The normalized spacial score (nSPS) is 11.6. The average Bonchev–Trinajstić information content (AvgIpc) is 2.30. The van der Waals surface area contributed by atoms with Gasteiger partial charge in [-0.25, -0.2) is 4.79 Å².